The number of carbonyl (C=O) groups excluding carboxylic acids is 1. The molecular weight excluding hydrogens is 406 g/mol. The molecule has 27 heavy (non-hydrogen) atoms. The molecule has 0 aliphatic carbocycles. The largest absolute Gasteiger partial charge is 0.356 e. The number of aliphatic imine (C=N–C) groups is 1. The van der Waals surface area contributed by atoms with E-state index in [1.807, 2.05) is 0 Å². The average molecular weight is 438 g/mol. The number of piperazine rings is 1. The molecular formula is C20H32BrN5O. The molecule has 0 spiro atoms. The van der Waals surface area contributed by atoms with Crippen molar-refractivity contribution < 1.29 is 4.79 Å². The summed E-state index contributed by atoms with van der Waals surface area (Å²) in [4.78, 5) is 20.9. The minimum absolute atomic E-state index is 0.0907. The Morgan fingerprint density at radius 1 is 1.15 bits per heavy atom. The first kappa shape index (κ1) is 21.7. The van der Waals surface area contributed by atoms with Gasteiger partial charge in [-0.1, -0.05) is 35.0 Å². The molecule has 7 heteroatoms. The zero-order valence-corrected chi connectivity index (χ0v) is 18.3. The lowest BCUT2D eigenvalue weighted by molar-refractivity contribution is -0.120. The molecule has 2 N–H and O–H groups in total. The standard InChI is InChI=1S/C20H32BrN5O/c1-4-10-23-19(27)9-11-24-20(22-3)26-14-12-25(13-15-26)16(2)17-5-7-18(21)8-6-17/h5-8,16H,4,9-15H2,1-3H3,(H,22,24)(H,23,27). The van der Waals surface area contributed by atoms with Gasteiger partial charge in [-0.25, -0.2) is 0 Å². The summed E-state index contributed by atoms with van der Waals surface area (Å²) in [5, 5.41) is 6.22. The maximum atomic E-state index is 11.7. The van der Waals surface area contributed by atoms with Crippen molar-refractivity contribution in [2.24, 2.45) is 4.99 Å². The summed E-state index contributed by atoms with van der Waals surface area (Å²) < 4.78 is 1.11. The highest BCUT2D eigenvalue weighted by Crippen LogP contribution is 2.23. The number of halogens is 1. The summed E-state index contributed by atoms with van der Waals surface area (Å²) in [6.07, 6.45) is 1.43. The van der Waals surface area contributed by atoms with Crippen LogP contribution < -0.4 is 10.6 Å². The molecule has 0 aromatic heterocycles. The summed E-state index contributed by atoms with van der Waals surface area (Å²) in [7, 11) is 1.80. The van der Waals surface area contributed by atoms with E-state index in [1.165, 1.54) is 5.56 Å². The van der Waals surface area contributed by atoms with Crippen molar-refractivity contribution in [1.29, 1.82) is 0 Å². The molecule has 0 bridgehead atoms. The van der Waals surface area contributed by atoms with E-state index in [9.17, 15) is 4.79 Å². The summed E-state index contributed by atoms with van der Waals surface area (Å²) in [5.74, 6) is 0.974. The van der Waals surface area contributed by atoms with E-state index in [-0.39, 0.29) is 5.91 Å². The van der Waals surface area contributed by atoms with Crippen LogP contribution in [0.15, 0.2) is 33.7 Å². The Labute approximate surface area is 171 Å². The molecule has 1 saturated heterocycles. The molecule has 6 nitrogen and oxygen atoms in total. The van der Waals surface area contributed by atoms with Crippen LogP contribution in [0.1, 0.15) is 38.3 Å². The normalized spacial score (nSPS) is 16.9. The van der Waals surface area contributed by atoms with Crippen molar-refractivity contribution in [3.63, 3.8) is 0 Å². The Balaban J connectivity index is 1.77. The SMILES string of the molecule is CCCNC(=O)CCNC(=NC)N1CCN(C(C)c2ccc(Br)cc2)CC1. The molecule has 1 unspecified atom stereocenters. The molecule has 1 atom stereocenters. The van der Waals surface area contributed by atoms with Gasteiger partial charge in [-0.2, -0.15) is 0 Å². The second-order valence-corrected chi connectivity index (χ2v) is 7.74. The predicted molar refractivity (Wildman–Crippen MR) is 115 cm³/mol. The van der Waals surface area contributed by atoms with Gasteiger partial charge in [0.05, 0.1) is 0 Å². The van der Waals surface area contributed by atoms with Crippen LogP contribution in [0.25, 0.3) is 0 Å². The van der Waals surface area contributed by atoms with Crippen molar-refractivity contribution in [2.75, 3.05) is 46.3 Å². The highest BCUT2D eigenvalue weighted by atomic mass is 79.9. The zero-order chi connectivity index (χ0) is 19.6. The Kier molecular flexibility index (Phi) is 9.07. The molecule has 0 saturated carbocycles. The molecule has 1 amide bonds. The van der Waals surface area contributed by atoms with E-state index in [2.05, 4.69) is 79.5 Å². The summed E-state index contributed by atoms with van der Waals surface area (Å²) in [6.45, 7) is 9.53. The number of nitrogens with one attached hydrogen (secondary N) is 2. The first-order valence-corrected chi connectivity index (χ1v) is 10.6. The van der Waals surface area contributed by atoms with Gasteiger partial charge in [0.1, 0.15) is 0 Å². The van der Waals surface area contributed by atoms with Gasteiger partial charge in [-0.05, 0) is 31.0 Å². The van der Waals surface area contributed by atoms with Crippen LogP contribution in [0.2, 0.25) is 0 Å². The van der Waals surface area contributed by atoms with E-state index in [0.29, 0.717) is 19.0 Å². The molecule has 1 aliphatic rings. The number of guanidine groups is 1. The van der Waals surface area contributed by atoms with E-state index >= 15 is 0 Å². The average Bonchev–Trinajstić information content (AvgIpc) is 2.70. The number of nitrogens with zero attached hydrogens (tertiary/aromatic N) is 3. The van der Waals surface area contributed by atoms with Gasteiger partial charge in [-0.15, -0.1) is 0 Å². The number of amides is 1. The zero-order valence-electron chi connectivity index (χ0n) is 16.7. The molecule has 1 aromatic carbocycles. The number of hydrogen-bond acceptors (Lipinski definition) is 3. The molecule has 1 aromatic rings. The lowest BCUT2D eigenvalue weighted by Gasteiger charge is -2.39. The Morgan fingerprint density at radius 3 is 2.41 bits per heavy atom. The van der Waals surface area contributed by atoms with Gasteiger partial charge < -0.3 is 15.5 Å². The molecule has 2 rings (SSSR count). The summed E-state index contributed by atoms with van der Waals surface area (Å²) in [5.41, 5.74) is 1.34. The summed E-state index contributed by atoms with van der Waals surface area (Å²) >= 11 is 3.50. The van der Waals surface area contributed by atoms with E-state index in [1.54, 1.807) is 7.05 Å². The van der Waals surface area contributed by atoms with Crippen LogP contribution in [-0.2, 0) is 4.79 Å². The highest BCUT2D eigenvalue weighted by molar-refractivity contribution is 9.10. The second kappa shape index (κ2) is 11.3. The Hall–Kier alpha value is -1.60. The van der Waals surface area contributed by atoms with Gasteiger partial charge in [-0.3, -0.25) is 14.7 Å². The topological polar surface area (TPSA) is 60.0 Å². The highest BCUT2D eigenvalue weighted by Gasteiger charge is 2.23. The van der Waals surface area contributed by atoms with E-state index in [4.69, 9.17) is 0 Å². The monoisotopic (exact) mass is 437 g/mol. The molecule has 1 fully saturated rings. The third kappa shape index (κ3) is 6.81. The molecule has 150 valence electrons. The molecule has 1 heterocycles. The maximum absolute atomic E-state index is 11.7. The fourth-order valence-electron chi connectivity index (χ4n) is 3.25. The number of hydrogen-bond donors (Lipinski definition) is 2. The van der Waals surface area contributed by atoms with Gasteiger partial charge in [0.25, 0.3) is 0 Å². The molecule has 1 aliphatic heterocycles. The lowest BCUT2D eigenvalue weighted by Crippen LogP contribution is -2.53. The predicted octanol–water partition coefficient (Wildman–Crippen LogP) is 2.62. The number of carbonyl (C=O) groups is 1. The van der Waals surface area contributed by atoms with Crippen LogP contribution >= 0.6 is 15.9 Å². The van der Waals surface area contributed by atoms with E-state index in [0.717, 1.165) is 49.6 Å². The smallest absolute Gasteiger partial charge is 0.221 e. The number of rotatable bonds is 7. The quantitative estimate of drug-likeness (QED) is 0.508. The maximum Gasteiger partial charge on any atom is 0.221 e. The van der Waals surface area contributed by atoms with Gasteiger partial charge >= 0.3 is 0 Å². The van der Waals surface area contributed by atoms with Crippen LogP contribution in [0.5, 0.6) is 0 Å². The third-order valence-corrected chi connectivity index (χ3v) is 5.46. The lowest BCUT2D eigenvalue weighted by atomic mass is 10.1. The van der Waals surface area contributed by atoms with Crippen molar-refractivity contribution in [3.8, 4) is 0 Å². The van der Waals surface area contributed by atoms with Crippen molar-refractivity contribution in [2.45, 2.75) is 32.7 Å². The Bertz CT molecular complexity index is 611. The first-order chi connectivity index (χ1) is 13.0. The Morgan fingerprint density at radius 2 is 1.81 bits per heavy atom. The minimum Gasteiger partial charge on any atom is -0.356 e. The van der Waals surface area contributed by atoms with Crippen molar-refractivity contribution in [1.82, 2.24) is 20.4 Å². The minimum atomic E-state index is 0.0907. The van der Waals surface area contributed by atoms with E-state index < -0.39 is 0 Å². The van der Waals surface area contributed by atoms with Crippen LogP contribution in [0.4, 0.5) is 0 Å². The molecule has 0 radical (unpaired) electrons. The third-order valence-electron chi connectivity index (χ3n) is 4.93. The van der Waals surface area contributed by atoms with Crippen LogP contribution in [0.3, 0.4) is 0 Å². The van der Waals surface area contributed by atoms with Crippen molar-refractivity contribution >= 4 is 27.8 Å². The fourth-order valence-corrected chi connectivity index (χ4v) is 3.51. The fraction of sp³-hybridized carbons (Fsp3) is 0.600. The van der Waals surface area contributed by atoms with Gasteiger partial charge in [0.15, 0.2) is 5.96 Å². The van der Waals surface area contributed by atoms with Gasteiger partial charge in [0.2, 0.25) is 5.91 Å². The van der Waals surface area contributed by atoms with Gasteiger partial charge in [0, 0.05) is 63.3 Å². The van der Waals surface area contributed by atoms with Crippen LogP contribution in [0, 0.1) is 0 Å². The second-order valence-electron chi connectivity index (χ2n) is 6.82. The first-order valence-electron chi connectivity index (χ1n) is 9.77. The summed E-state index contributed by atoms with van der Waals surface area (Å²) in [6, 6.07) is 8.98. The number of benzene rings is 1. The van der Waals surface area contributed by atoms with Crippen LogP contribution in [-0.4, -0.2) is 68.0 Å². The van der Waals surface area contributed by atoms with Crippen molar-refractivity contribution in [3.05, 3.63) is 34.3 Å².